The molecule has 0 aliphatic rings. The van der Waals surface area contributed by atoms with Crippen molar-refractivity contribution in [3.05, 3.63) is 24.2 Å². The molecular weight excluding hydrogens is 198 g/mol. The average Bonchev–Trinajstić information content (AvgIpc) is 2.70. The molecule has 1 unspecified atom stereocenters. The second-order valence-electron chi connectivity index (χ2n) is 2.96. The fourth-order valence-corrected chi connectivity index (χ4v) is 1.000. The quantitative estimate of drug-likeness (QED) is 0.753. The summed E-state index contributed by atoms with van der Waals surface area (Å²) in [5, 5.41) is 2.49. The minimum absolute atomic E-state index is 0.296. The monoisotopic (exact) mass is 211 g/mol. The fraction of sp³-hybridized carbons (Fsp3) is 0.400. The number of furan rings is 1. The molecule has 1 amide bonds. The molecule has 0 radical (unpaired) electrons. The number of esters is 1. The van der Waals surface area contributed by atoms with Gasteiger partial charge >= 0.3 is 5.97 Å². The number of nitrogens with one attached hydrogen (secondary N) is 1. The van der Waals surface area contributed by atoms with Gasteiger partial charge in [0.15, 0.2) is 0 Å². The number of rotatable bonds is 4. The van der Waals surface area contributed by atoms with E-state index in [1.54, 1.807) is 13.8 Å². The molecule has 1 aromatic heterocycles. The Labute approximate surface area is 87.4 Å². The fourth-order valence-electron chi connectivity index (χ4n) is 1.000. The highest BCUT2D eigenvalue weighted by molar-refractivity contribution is 5.96. The van der Waals surface area contributed by atoms with Gasteiger partial charge in [-0.25, -0.2) is 4.79 Å². The molecule has 1 rings (SSSR count). The highest BCUT2D eigenvalue weighted by Crippen LogP contribution is 2.00. The van der Waals surface area contributed by atoms with Gasteiger partial charge < -0.3 is 14.5 Å². The van der Waals surface area contributed by atoms with Crippen molar-refractivity contribution in [1.29, 1.82) is 0 Å². The van der Waals surface area contributed by atoms with Gasteiger partial charge in [0.2, 0.25) is 0 Å². The molecule has 0 spiro atoms. The highest BCUT2D eigenvalue weighted by atomic mass is 16.5. The van der Waals surface area contributed by atoms with Gasteiger partial charge in [-0.3, -0.25) is 4.79 Å². The largest absolute Gasteiger partial charge is 0.472 e. The van der Waals surface area contributed by atoms with Crippen LogP contribution in [0.25, 0.3) is 0 Å². The first-order valence-electron chi connectivity index (χ1n) is 4.64. The molecule has 5 heteroatoms. The summed E-state index contributed by atoms with van der Waals surface area (Å²) in [4.78, 5) is 22.6. The van der Waals surface area contributed by atoms with Crippen molar-refractivity contribution in [2.45, 2.75) is 19.9 Å². The molecule has 82 valence electrons. The first kappa shape index (κ1) is 11.3. The number of ether oxygens (including phenoxy) is 1. The standard InChI is InChI=1S/C10H13NO4/c1-3-15-10(13)7(2)11-9(12)8-4-5-14-6-8/h4-7H,3H2,1-2H3,(H,11,12). The van der Waals surface area contributed by atoms with Crippen molar-refractivity contribution >= 4 is 11.9 Å². The van der Waals surface area contributed by atoms with Crippen molar-refractivity contribution in [1.82, 2.24) is 5.32 Å². The summed E-state index contributed by atoms with van der Waals surface area (Å²) >= 11 is 0. The summed E-state index contributed by atoms with van der Waals surface area (Å²) in [6, 6.07) is 0.861. The third kappa shape index (κ3) is 3.12. The number of amides is 1. The smallest absolute Gasteiger partial charge is 0.328 e. The van der Waals surface area contributed by atoms with Gasteiger partial charge in [-0.1, -0.05) is 0 Å². The maximum absolute atomic E-state index is 11.4. The minimum atomic E-state index is -0.660. The predicted octanol–water partition coefficient (Wildman–Crippen LogP) is 0.961. The molecule has 0 aliphatic heterocycles. The maximum atomic E-state index is 11.4. The van der Waals surface area contributed by atoms with E-state index in [1.807, 2.05) is 0 Å². The molecule has 0 saturated carbocycles. The lowest BCUT2D eigenvalue weighted by Gasteiger charge is -2.11. The van der Waals surface area contributed by atoms with E-state index in [4.69, 9.17) is 9.15 Å². The zero-order valence-corrected chi connectivity index (χ0v) is 8.65. The normalized spacial score (nSPS) is 11.9. The second kappa shape index (κ2) is 5.19. The highest BCUT2D eigenvalue weighted by Gasteiger charge is 2.17. The molecule has 0 bridgehead atoms. The molecule has 5 nitrogen and oxygen atoms in total. The summed E-state index contributed by atoms with van der Waals surface area (Å²) in [7, 11) is 0. The van der Waals surface area contributed by atoms with Crippen molar-refractivity contribution in [3.8, 4) is 0 Å². The topological polar surface area (TPSA) is 68.5 Å². The molecule has 1 N–H and O–H groups in total. The third-order valence-electron chi connectivity index (χ3n) is 1.77. The van der Waals surface area contributed by atoms with E-state index in [0.717, 1.165) is 0 Å². The van der Waals surface area contributed by atoms with Gasteiger partial charge in [0.1, 0.15) is 12.3 Å². The van der Waals surface area contributed by atoms with Gasteiger partial charge in [0.25, 0.3) is 5.91 Å². The van der Waals surface area contributed by atoms with Crippen LogP contribution in [0, 0.1) is 0 Å². The van der Waals surface area contributed by atoms with Crippen molar-refractivity contribution in [2.24, 2.45) is 0 Å². The van der Waals surface area contributed by atoms with E-state index in [-0.39, 0.29) is 5.91 Å². The Kier molecular flexibility index (Phi) is 3.91. The second-order valence-corrected chi connectivity index (χ2v) is 2.96. The predicted molar refractivity (Wildman–Crippen MR) is 52.3 cm³/mol. The lowest BCUT2D eigenvalue weighted by atomic mass is 10.3. The molecule has 0 aromatic carbocycles. The Hall–Kier alpha value is -1.78. The van der Waals surface area contributed by atoms with Gasteiger partial charge in [-0.15, -0.1) is 0 Å². The first-order chi connectivity index (χ1) is 7.15. The molecule has 0 saturated heterocycles. The zero-order chi connectivity index (χ0) is 11.3. The van der Waals surface area contributed by atoms with E-state index in [0.29, 0.717) is 12.2 Å². The molecule has 15 heavy (non-hydrogen) atoms. The van der Waals surface area contributed by atoms with Gasteiger partial charge in [0.05, 0.1) is 18.4 Å². The van der Waals surface area contributed by atoms with Crippen molar-refractivity contribution < 1.29 is 18.7 Å². The van der Waals surface area contributed by atoms with E-state index < -0.39 is 12.0 Å². The summed E-state index contributed by atoms with van der Waals surface area (Å²) in [6.45, 7) is 3.57. The Morgan fingerprint density at radius 1 is 1.60 bits per heavy atom. The van der Waals surface area contributed by atoms with Gasteiger partial charge in [-0.05, 0) is 19.9 Å². The first-order valence-corrected chi connectivity index (χ1v) is 4.64. The van der Waals surface area contributed by atoms with Crippen LogP contribution in [0.2, 0.25) is 0 Å². The Bertz CT molecular complexity index is 331. The molecule has 1 heterocycles. The number of carbonyl (C=O) groups excluding carboxylic acids is 2. The minimum Gasteiger partial charge on any atom is -0.472 e. The zero-order valence-electron chi connectivity index (χ0n) is 8.65. The Balaban J connectivity index is 2.48. The van der Waals surface area contributed by atoms with E-state index >= 15 is 0 Å². The van der Waals surface area contributed by atoms with Gasteiger partial charge in [0, 0.05) is 0 Å². The molecule has 0 aliphatic carbocycles. The lowest BCUT2D eigenvalue weighted by Crippen LogP contribution is -2.39. The SMILES string of the molecule is CCOC(=O)C(C)NC(=O)c1ccoc1. The van der Waals surface area contributed by atoms with Crippen LogP contribution in [0.15, 0.2) is 23.0 Å². The Morgan fingerprint density at radius 3 is 2.87 bits per heavy atom. The third-order valence-corrected chi connectivity index (χ3v) is 1.77. The van der Waals surface area contributed by atoms with Crippen molar-refractivity contribution in [3.63, 3.8) is 0 Å². The molecule has 1 atom stereocenters. The Morgan fingerprint density at radius 2 is 2.33 bits per heavy atom. The molecule has 0 fully saturated rings. The van der Waals surface area contributed by atoms with Crippen LogP contribution >= 0.6 is 0 Å². The maximum Gasteiger partial charge on any atom is 0.328 e. The van der Waals surface area contributed by atoms with Crippen LogP contribution in [-0.4, -0.2) is 24.5 Å². The van der Waals surface area contributed by atoms with Crippen LogP contribution in [0.4, 0.5) is 0 Å². The number of hydrogen-bond acceptors (Lipinski definition) is 4. The lowest BCUT2D eigenvalue weighted by molar-refractivity contribution is -0.144. The molecular formula is C10H13NO4. The number of hydrogen-bond donors (Lipinski definition) is 1. The van der Waals surface area contributed by atoms with E-state index in [2.05, 4.69) is 5.32 Å². The summed E-state index contributed by atoms with van der Waals surface area (Å²) in [5.74, 6) is -0.807. The van der Waals surface area contributed by atoms with Crippen LogP contribution in [0.1, 0.15) is 24.2 Å². The van der Waals surface area contributed by atoms with E-state index in [9.17, 15) is 9.59 Å². The van der Waals surface area contributed by atoms with Gasteiger partial charge in [-0.2, -0.15) is 0 Å². The van der Waals surface area contributed by atoms with Crippen LogP contribution in [-0.2, 0) is 9.53 Å². The van der Waals surface area contributed by atoms with Crippen LogP contribution in [0.5, 0.6) is 0 Å². The summed E-state index contributed by atoms with van der Waals surface area (Å²) < 4.78 is 9.49. The van der Waals surface area contributed by atoms with E-state index in [1.165, 1.54) is 18.6 Å². The van der Waals surface area contributed by atoms with Crippen LogP contribution < -0.4 is 5.32 Å². The molecule has 1 aromatic rings. The average molecular weight is 211 g/mol. The summed E-state index contributed by atoms with van der Waals surface area (Å²) in [5.41, 5.74) is 0.381. The van der Waals surface area contributed by atoms with Crippen LogP contribution in [0.3, 0.4) is 0 Å². The number of carbonyl (C=O) groups is 2. The summed E-state index contributed by atoms with van der Waals surface area (Å²) in [6.07, 6.45) is 2.71. The van der Waals surface area contributed by atoms with Crippen molar-refractivity contribution in [2.75, 3.05) is 6.61 Å².